The Balaban J connectivity index is 1.56. The van der Waals surface area contributed by atoms with Crippen LogP contribution in [0.4, 0.5) is 20.4 Å². The van der Waals surface area contributed by atoms with E-state index in [0.717, 1.165) is 0 Å². The SMILES string of the molecule is COc1nc(Nc2cc(-c3ccc(OC4CCNCC4(CF)CF)c(C#N)c3)ncn2)ccc1C(=O)N(C)C. The molecule has 204 valence electrons. The topological polar surface area (TPSA) is 125 Å². The number of nitriles is 1. The molecule has 1 saturated heterocycles. The number of hydrogen-bond donors (Lipinski definition) is 2. The van der Waals surface area contributed by atoms with Gasteiger partial charge in [-0.25, -0.2) is 9.97 Å². The predicted octanol–water partition coefficient (Wildman–Crippen LogP) is 3.53. The molecule has 1 aliphatic rings. The molecule has 1 aromatic carbocycles. The van der Waals surface area contributed by atoms with Crippen molar-refractivity contribution in [3.63, 3.8) is 0 Å². The van der Waals surface area contributed by atoms with Gasteiger partial charge in [-0.3, -0.25) is 13.6 Å². The number of piperidine rings is 1. The second-order valence-electron chi connectivity index (χ2n) is 9.39. The summed E-state index contributed by atoms with van der Waals surface area (Å²) < 4.78 is 38.9. The minimum atomic E-state index is -1.29. The highest BCUT2D eigenvalue weighted by atomic mass is 19.1. The Kier molecular flexibility index (Phi) is 8.51. The van der Waals surface area contributed by atoms with Gasteiger partial charge in [-0.05, 0) is 43.3 Å². The number of amides is 1. The lowest BCUT2D eigenvalue weighted by atomic mass is 9.80. The van der Waals surface area contributed by atoms with Crippen molar-refractivity contribution in [1.82, 2.24) is 25.2 Å². The Morgan fingerprint density at radius 1 is 1.21 bits per heavy atom. The third-order valence-electron chi connectivity index (χ3n) is 6.55. The molecule has 1 amide bonds. The van der Waals surface area contributed by atoms with E-state index in [-0.39, 0.29) is 29.6 Å². The van der Waals surface area contributed by atoms with Gasteiger partial charge in [-0.1, -0.05) is 0 Å². The molecule has 3 aromatic rings. The van der Waals surface area contributed by atoms with Crippen LogP contribution in [-0.2, 0) is 0 Å². The van der Waals surface area contributed by atoms with Crippen molar-refractivity contribution < 1.29 is 23.0 Å². The number of methoxy groups -OCH3 is 1. The van der Waals surface area contributed by atoms with E-state index in [1.54, 1.807) is 50.5 Å². The number of halogens is 2. The molecular formula is C27H29F2N7O3. The average Bonchev–Trinajstić information content (AvgIpc) is 2.97. The van der Waals surface area contributed by atoms with Crippen LogP contribution in [0.5, 0.6) is 11.6 Å². The third kappa shape index (κ3) is 5.88. The number of carbonyl (C=O) groups excluding carboxylic acids is 1. The Bertz CT molecular complexity index is 1380. The Morgan fingerprint density at radius 3 is 2.69 bits per heavy atom. The quantitative estimate of drug-likeness (QED) is 0.422. The number of hydrogen-bond acceptors (Lipinski definition) is 9. The number of nitrogens with one attached hydrogen (secondary N) is 2. The first kappa shape index (κ1) is 27.7. The number of ether oxygens (including phenoxy) is 2. The van der Waals surface area contributed by atoms with E-state index in [2.05, 4.69) is 31.7 Å². The van der Waals surface area contributed by atoms with Crippen LogP contribution in [0.2, 0.25) is 0 Å². The summed E-state index contributed by atoms with van der Waals surface area (Å²) >= 11 is 0. The van der Waals surface area contributed by atoms with Gasteiger partial charge in [0.2, 0.25) is 5.88 Å². The summed E-state index contributed by atoms with van der Waals surface area (Å²) in [6, 6.07) is 12.0. The average molecular weight is 538 g/mol. The van der Waals surface area contributed by atoms with Gasteiger partial charge in [0.05, 0.1) is 23.8 Å². The Hall–Kier alpha value is -4.37. The van der Waals surface area contributed by atoms with Crippen LogP contribution in [0, 0.1) is 16.7 Å². The van der Waals surface area contributed by atoms with E-state index in [9.17, 15) is 18.8 Å². The zero-order valence-corrected chi connectivity index (χ0v) is 21.9. The highest BCUT2D eigenvalue weighted by Crippen LogP contribution is 2.34. The van der Waals surface area contributed by atoms with E-state index in [1.165, 1.54) is 18.3 Å². The number of rotatable bonds is 9. The van der Waals surface area contributed by atoms with Crippen LogP contribution in [0.3, 0.4) is 0 Å². The first-order valence-electron chi connectivity index (χ1n) is 12.2. The summed E-state index contributed by atoms with van der Waals surface area (Å²) in [6.45, 7) is -1.00. The second-order valence-corrected chi connectivity index (χ2v) is 9.39. The predicted molar refractivity (Wildman–Crippen MR) is 141 cm³/mol. The first-order valence-corrected chi connectivity index (χ1v) is 12.2. The van der Waals surface area contributed by atoms with Gasteiger partial charge in [0, 0.05) is 32.3 Å². The Labute approximate surface area is 225 Å². The molecule has 0 radical (unpaired) electrons. The lowest BCUT2D eigenvalue weighted by molar-refractivity contribution is -0.0159. The monoisotopic (exact) mass is 537 g/mol. The van der Waals surface area contributed by atoms with Crippen molar-refractivity contribution in [2.75, 3.05) is 53.0 Å². The van der Waals surface area contributed by atoms with Crippen molar-refractivity contribution in [3.8, 4) is 29.0 Å². The normalized spacial score (nSPS) is 16.2. The number of nitrogens with zero attached hydrogens (tertiary/aromatic N) is 5. The number of pyridine rings is 1. The van der Waals surface area contributed by atoms with Gasteiger partial charge in [0.1, 0.15) is 54.8 Å². The van der Waals surface area contributed by atoms with Gasteiger partial charge >= 0.3 is 0 Å². The van der Waals surface area contributed by atoms with Crippen molar-refractivity contribution in [2.24, 2.45) is 5.41 Å². The van der Waals surface area contributed by atoms with Gasteiger partial charge < -0.3 is 25.0 Å². The molecule has 39 heavy (non-hydrogen) atoms. The van der Waals surface area contributed by atoms with Crippen LogP contribution >= 0.6 is 0 Å². The fourth-order valence-electron chi connectivity index (χ4n) is 4.29. The molecule has 1 unspecified atom stereocenters. The minimum Gasteiger partial charge on any atom is -0.488 e. The fourth-order valence-corrected chi connectivity index (χ4v) is 4.29. The van der Waals surface area contributed by atoms with Gasteiger partial charge in [-0.2, -0.15) is 10.2 Å². The first-order chi connectivity index (χ1) is 18.8. The van der Waals surface area contributed by atoms with Crippen molar-refractivity contribution in [2.45, 2.75) is 12.5 Å². The van der Waals surface area contributed by atoms with Gasteiger partial charge in [0.25, 0.3) is 5.91 Å². The molecule has 4 rings (SSSR count). The van der Waals surface area contributed by atoms with Crippen LogP contribution < -0.4 is 20.1 Å². The molecule has 1 fully saturated rings. The van der Waals surface area contributed by atoms with Crippen LogP contribution in [0.15, 0.2) is 42.7 Å². The largest absolute Gasteiger partial charge is 0.488 e. The van der Waals surface area contributed by atoms with Gasteiger partial charge in [0.15, 0.2) is 0 Å². The molecular weight excluding hydrogens is 508 g/mol. The molecule has 2 aromatic heterocycles. The van der Waals surface area contributed by atoms with E-state index in [4.69, 9.17) is 9.47 Å². The number of anilines is 2. The van der Waals surface area contributed by atoms with Crippen molar-refractivity contribution >= 4 is 17.5 Å². The zero-order valence-electron chi connectivity index (χ0n) is 21.9. The third-order valence-corrected chi connectivity index (χ3v) is 6.55. The maximum absolute atomic E-state index is 13.8. The van der Waals surface area contributed by atoms with Crippen molar-refractivity contribution in [1.29, 1.82) is 5.26 Å². The highest BCUT2D eigenvalue weighted by Gasteiger charge is 2.43. The second kappa shape index (κ2) is 12.0. The lowest BCUT2D eigenvalue weighted by Crippen LogP contribution is -2.55. The van der Waals surface area contributed by atoms with E-state index < -0.39 is 24.9 Å². The summed E-state index contributed by atoms with van der Waals surface area (Å²) in [5.74, 6) is 1.01. The number of benzene rings is 1. The molecule has 1 aliphatic heterocycles. The summed E-state index contributed by atoms with van der Waals surface area (Å²) in [5.41, 5.74) is 0.395. The molecule has 0 aliphatic carbocycles. The summed E-state index contributed by atoms with van der Waals surface area (Å²) in [5, 5.41) is 15.9. The standard InChI is InChI=1S/C27H29F2N7O3/c1-36(2)26(37)19-5-7-23(35-25(19)38-3)34-24-11-20(32-16-33-24)17-4-6-21(18(10-17)12-30)39-22-8-9-31-15-27(22,13-28)14-29/h4-7,10-11,16,22,31H,8-9,13-15H2,1-3H3,(H,32,33,34,35). The smallest absolute Gasteiger partial charge is 0.258 e. The molecule has 1 atom stereocenters. The number of aromatic nitrogens is 3. The molecule has 0 spiro atoms. The van der Waals surface area contributed by atoms with Gasteiger partial charge in [-0.15, -0.1) is 0 Å². The number of alkyl halides is 2. The van der Waals surface area contributed by atoms with E-state index >= 15 is 0 Å². The van der Waals surface area contributed by atoms with Crippen LogP contribution in [0.1, 0.15) is 22.3 Å². The summed E-state index contributed by atoms with van der Waals surface area (Å²) in [7, 11) is 4.71. The molecule has 0 saturated carbocycles. The summed E-state index contributed by atoms with van der Waals surface area (Å²) in [6.07, 6.45) is 1.08. The fraction of sp³-hybridized carbons (Fsp3) is 0.370. The molecule has 0 bridgehead atoms. The minimum absolute atomic E-state index is 0.163. The molecule has 10 nitrogen and oxygen atoms in total. The molecule has 2 N–H and O–H groups in total. The maximum Gasteiger partial charge on any atom is 0.258 e. The molecule has 3 heterocycles. The summed E-state index contributed by atoms with van der Waals surface area (Å²) in [4.78, 5) is 26.7. The van der Waals surface area contributed by atoms with Crippen LogP contribution in [-0.4, -0.2) is 79.5 Å². The van der Waals surface area contributed by atoms with E-state index in [0.29, 0.717) is 41.4 Å². The van der Waals surface area contributed by atoms with Crippen LogP contribution in [0.25, 0.3) is 11.3 Å². The van der Waals surface area contributed by atoms with E-state index in [1.807, 2.05) is 0 Å². The lowest BCUT2D eigenvalue weighted by Gasteiger charge is -2.40. The zero-order chi connectivity index (χ0) is 28.0. The van der Waals surface area contributed by atoms with Crippen molar-refractivity contribution in [3.05, 3.63) is 53.9 Å². The molecule has 12 heteroatoms. The Morgan fingerprint density at radius 2 is 2.00 bits per heavy atom. The number of carbonyl (C=O) groups is 1. The highest BCUT2D eigenvalue weighted by molar-refractivity contribution is 5.96. The maximum atomic E-state index is 13.8.